The van der Waals surface area contributed by atoms with Gasteiger partial charge in [0.15, 0.2) is 0 Å². The zero-order chi connectivity index (χ0) is 6.91. The van der Waals surface area contributed by atoms with E-state index in [1.807, 2.05) is 20.8 Å². The molecular formula is C5H9N4Re-. The van der Waals surface area contributed by atoms with Crippen LogP contribution in [0.4, 0.5) is 0 Å². The van der Waals surface area contributed by atoms with Gasteiger partial charge >= 0.3 is 0 Å². The predicted octanol–water partition coefficient (Wildman–Crippen LogP) is 0.226. The van der Waals surface area contributed by atoms with Gasteiger partial charge in [-0.05, 0) is 20.8 Å². The fraction of sp³-hybridized carbons (Fsp3) is 0.800. The first kappa shape index (κ1) is 9.73. The van der Waals surface area contributed by atoms with Crippen LogP contribution < -0.4 is 0 Å². The van der Waals surface area contributed by atoms with Gasteiger partial charge in [0.1, 0.15) is 0 Å². The van der Waals surface area contributed by atoms with Gasteiger partial charge in [-0.15, -0.1) is 0 Å². The Labute approximate surface area is 73.7 Å². The van der Waals surface area contributed by atoms with E-state index in [1.165, 1.54) is 0 Å². The molecule has 0 aromatic carbocycles. The minimum Gasteiger partial charge on any atom is -0.403 e. The molecule has 0 unspecified atom stereocenters. The maximum atomic E-state index is 3.69. The first-order chi connectivity index (χ1) is 4.11. The maximum Gasteiger partial charge on any atom is 0.0214 e. The maximum absolute atomic E-state index is 3.69. The van der Waals surface area contributed by atoms with Crippen molar-refractivity contribution in [3.8, 4) is 0 Å². The number of tetrazole rings is 1. The SMILES string of the molecule is CC(C)(C)n1[c-]nnn1.[Re]. The summed E-state index contributed by atoms with van der Waals surface area (Å²) in [5.74, 6) is 0. The van der Waals surface area contributed by atoms with E-state index in [4.69, 9.17) is 0 Å². The molecule has 57 valence electrons. The van der Waals surface area contributed by atoms with E-state index < -0.39 is 0 Å². The summed E-state index contributed by atoms with van der Waals surface area (Å²) < 4.78 is 1.59. The summed E-state index contributed by atoms with van der Waals surface area (Å²) in [7, 11) is 0. The van der Waals surface area contributed by atoms with Gasteiger partial charge in [0.05, 0.1) is 0 Å². The van der Waals surface area contributed by atoms with Crippen LogP contribution >= 0.6 is 0 Å². The van der Waals surface area contributed by atoms with Crippen LogP contribution in [0.1, 0.15) is 20.8 Å². The Morgan fingerprint density at radius 1 is 1.30 bits per heavy atom. The normalized spacial score (nSPS) is 10.7. The number of rotatable bonds is 0. The van der Waals surface area contributed by atoms with E-state index in [0.717, 1.165) is 0 Å². The van der Waals surface area contributed by atoms with Crippen molar-refractivity contribution in [2.24, 2.45) is 0 Å². The van der Waals surface area contributed by atoms with Crippen molar-refractivity contribution in [1.82, 2.24) is 20.2 Å². The second kappa shape index (κ2) is 3.22. The molecule has 1 rings (SSSR count). The Hall–Kier alpha value is -0.268. The monoisotopic (exact) mass is 312 g/mol. The van der Waals surface area contributed by atoms with Gasteiger partial charge < -0.3 is 9.78 Å². The fourth-order valence-electron chi connectivity index (χ4n) is 0.427. The van der Waals surface area contributed by atoms with Crippen LogP contribution in [0, 0.1) is 6.33 Å². The third-order valence-electron chi connectivity index (χ3n) is 0.949. The van der Waals surface area contributed by atoms with Crippen LogP contribution in [0.25, 0.3) is 0 Å². The zero-order valence-electron chi connectivity index (χ0n) is 6.17. The Balaban J connectivity index is 0.000000810. The molecule has 0 aliphatic heterocycles. The average Bonchev–Trinajstić information content (AvgIpc) is 2.08. The summed E-state index contributed by atoms with van der Waals surface area (Å²) in [6.07, 6.45) is 2.62. The molecule has 4 nitrogen and oxygen atoms in total. The third-order valence-corrected chi connectivity index (χ3v) is 0.949. The van der Waals surface area contributed by atoms with Crippen molar-refractivity contribution in [2.45, 2.75) is 26.3 Å². The summed E-state index contributed by atoms with van der Waals surface area (Å²) in [6.45, 7) is 6.04. The molecule has 0 aliphatic rings. The van der Waals surface area contributed by atoms with Crippen molar-refractivity contribution in [3.05, 3.63) is 6.33 Å². The van der Waals surface area contributed by atoms with Gasteiger partial charge in [0, 0.05) is 26.0 Å². The molecule has 1 radical (unpaired) electrons. The van der Waals surface area contributed by atoms with E-state index in [0.29, 0.717) is 0 Å². The fourth-order valence-corrected chi connectivity index (χ4v) is 0.427. The summed E-state index contributed by atoms with van der Waals surface area (Å²) in [4.78, 5) is 0. The first-order valence-corrected chi connectivity index (χ1v) is 2.77. The van der Waals surface area contributed by atoms with Crippen molar-refractivity contribution >= 4 is 0 Å². The summed E-state index contributed by atoms with van der Waals surface area (Å²) in [6, 6.07) is 0. The Morgan fingerprint density at radius 3 is 2.10 bits per heavy atom. The topological polar surface area (TPSA) is 43.6 Å². The number of nitrogens with zero attached hydrogens (tertiary/aromatic N) is 4. The molecule has 0 saturated heterocycles. The molecule has 1 aromatic heterocycles. The molecular weight excluding hydrogens is 302 g/mol. The molecule has 5 heteroatoms. The van der Waals surface area contributed by atoms with Crippen molar-refractivity contribution < 1.29 is 20.4 Å². The van der Waals surface area contributed by atoms with Gasteiger partial charge in [0.2, 0.25) is 0 Å². The van der Waals surface area contributed by atoms with Crippen molar-refractivity contribution in [2.75, 3.05) is 0 Å². The molecule has 1 heterocycles. The number of aromatic nitrogens is 4. The van der Waals surface area contributed by atoms with Crippen LogP contribution in [0.3, 0.4) is 0 Å². The smallest absolute Gasteiger partial charge is 0.0214 e. The van der Waals surface area contributed by atoms with E-state index in [1.54, 1.807) is 4.68 Å². The Morgan fingerprint density at radius 2 is 1.90 bits per heavy atom. The third kappa shape index (κ3) is 2.16. The van der Waals surface area contributed by atoms with Gasteiger partial charge in [0.25, 0.3) is 0 Å². The number of hydrogen-bond donors (Lipinski definition) is 0. The van der Waals surface area contributed by atoms with E-state index >= 15 is 0 Å². The number of hydrogen-bond acceptors (Lipinski definition) is 3. The van der Waals surface area contributed by atoms with Crippen LogP contribution in [-0.4, -0.2) is 20.2 Å². The van der Waals surface area contributed by atoms with E-state index in [-0.39, 0.29) is 26.0 Å². The molecule has 0 N–H and O–H groups in total. The summed E-state index contributed by atoms with van der Waals surface area (Å²) in [5.41, 5.74) is -0.0521. The van der Waals surface area contributed by atoms with E-state index in [9.17, 15) is 0 Å². The minimum absolute atomic E-state index is 0. The molecule has 0 saturated carbocycles. The Bertz CT molecular complexity index is 176. The van der Waals surface area contributed by atoms with Crippen LogP contribution in [0.15, 0.2) is 0 Å². The Kier molecular flexibility index (Phi) is 3.13. The van der Waals surface area contributed by atoms with Crippen LogP contribution in [0.2, 0.25) is 0 Å². The molecule has 10 heavy (non-hydrogen) atoms. The van der Waals surface area contributed by atoms with Crippen LogP contribution in [0.5, 0.6) is 0 Å². The van der Waals surface area contributed by atoms with Gasteiger partial charge in [-0.2, -0.15) is 0 Å². The quantitative estimate of drug-likeness (QED) is 0.644. The molecule has 0 bridgehead atoms. The zero-order valence-corrected chi connectivity index (χ0v) is 8.88. The second-order valence-electron chi connectivity index (χ2n) is 2.86. The van der Waals surface area contributed by atoms with Gasteiger partial charge in [-0.1, -0.05) is 10.4 Å². The largest absolute Gasteiger partial charge is 0.403 e. The minimum atomic E-state index is -0.0521. The van der Waals surface area contributed by atoms with Crippen molar-refractivity contribution in [3.63, 3.8) is 0 Å². The molecule has 0 amide bonds. The van der Waals surface area contributed by atoms with Crippen molar-refractivity contribution in [1.29, 1.82) is 0 Å². The molecule has 0 atom stereocenters. The summed E-state index contributed by atoms with van der Waals surface area (Å²) in [5, 5.41) is 10.5. The van der Waals surface area contributed by atoms with Gasteiger partial charge in [-0.25, -0.2) is 6.33 Å². The van der Waals surface area contributed by atoms with Gasteiger partial charge in [-0.3, -0.25) is 0 Å². The first-order valence-electron chi connectivity index (χ1n) is 2.77. The molecule has 0 aliphatic carbocycles. The standard InChI is InChI=1S/C5H9N4.Re/c1-5(2,3)9-4-6-7-8-9;/h1-3H3;/q-1;. The second-order valence-corrected chi connectivity index (χ2v) is 2.86. The van der Waals surface area contributed by atoms with Crippen LogP contribution in [-0.2, 0) is 26.0 Å². The molecule has 0 spiro atoms. The summed E-state index contributed by atoms with van der Waals surface area (Å²) >= 11 is 0. The molecule has 0 fully saturated rings. The predicted molar refractivity (Wildman–Crippen MR) is 31.6 cm³/mol. The molecule has 1 aromatic rings. The van der Waals surface area contributed by atoms with E-state index in [2.05, 4.69) is 21.9 Å². The average molecular weight is 311 g/mol.